The summed E-state index contributed by atoms with van der Waals surface area (Å²) in [5.74, 6) is -0.744. The molecule has 5 aromatic rings. The third-order valence-corrected chi connectivity index (χ3v) is 14.9. The summed E-state index contributed by atoms with van der Waals surface area (Å²) in [6.07, 6.45) is 1.04. The van der Waals surface area contributed by atoms with E-state index in [2.05, 4.69) is 15.8 Å². The number of methoxy groups -OCH3 is 1. The summed E-state index contributed by atoms with van der Waals surface area (Å²) < 4.78 is 81.8. The van der Waals surface area contributed by atoms with Gasteiger partial charge in [0.15, 0.2) is 29.5 Å². The second kappa shape index (κ2) is 15.6. The zero-order chi connectivity index (χ0) is 41.2. The van der Waals surface area contributed by atoms with E-state index in [0.717, 1.165) is 17.0 Å². The summed E-state index contributed by atoms with van der Waals surface area (Å²) >= 11 is 0. The Kier molecular flexibility index (Phi) is 12.1. The van der Waals surface area contributed by atoms with Crippen molar-refractivity contribution in [3.8, 4) is 5.75 Å². The third-order valence-electron chi connectivity index (χ3n) is 8.92. The molecular formula is C39H45N3O10S3. The predicted molar refractivity (Wildman–Crippen MR) is 211 cm³/mol. The van der Waals surface area contributed by atoms with Gasteiger partial charge in [0.05, 0.1) is 27.5 Å². The SMILES string of the molecule is CC(C)(C(=O)Nc1cccc2ccccc12)S(=O)(=O)c1ccc(S(C)(=O)=O)cc1.COc1ccc(S(=O)(=O)C(C)(C)C(=O)Nc2cc(C(C)(C)C)no2)cc1. The molecule has 0 radical (unpaired) electrons. The van der Waals surface area contributed by atoms with Crippen LogP contribution in [-0.4, -0.2) is 65.1 Å². The number of rotatable bonds is 10. The fourth-order valence-corrected chi connectivity index (χ4v) is 8.40. The molecule has 0 atom stereocenters. The van der Waals surface area contributed by atoms with Crippen LogP contribution in [0.2, 0.25) is 0 Å². The molecule has 13 nitrogen and oxygen atoms in total. The number of nitrogens with zero attached hydrogens (tertiary/aromatic N) is 1. The molecule has 1 heterocycles. The first kappa shape index (κ1) is 42.7. The number of anilines is 2. The van der Waals surface area contributed by atoms with Crippen LogP contribution in [0.3, 0.4) is 0 Å². The number of nitrogens with one attached hydrogen (secondary N) is 2. The fourth-order valence-electron chi connectivity index (χ4n) is 5.01. The van der Waals surface area contributed by atoms with Crippen molar-refractivity contribution in [2.45, 2.75) is 78.1 Å². The van der Waals surface area contributed by atoms with Gasteiger partial charge in [0.2, 0.25) is 17.7 Å². The first-order valence-corrected chi connectivity index (χ1v) is 21.7. The number of hydrogen-bond acceptors (Lipinski definition) is 11. The topological polar surface area (TPSA) is 196 Å². The standard InChI is InChI=1S/C21H21NO5S2.C18H24N2O5S/c1-21(2,29(26,27)17-13-11-16(12-14-17)28(3,24)25)20(23)22-19-10-6-8-15-7-4-5-9-18(15)19;1-17(2,3)14-11-15(25-20-14)19-16(21)18(4,5)26(22,23)13-9-7-12(24-6)8-10-13/h4-14H,1-3H3,(H,22,23);7-11H,1-6H3,(H,19,21). The maximum atomic E-state index is 13.1. The quantitative estimate of drug-likeness (QED) is 0.154. The van der Waals surface area contributed by atoms with E-state index in [0.29, 0.717) is 17.1 Å². The Morgan fingerprint density at radius 2 is 1.11 bits per heavy atom. The minimum atomic E-state index is -4.08. The number of hydrogen-bond donors (Lipinski definition) is 2. The van der Waals surface area contributed by atoms with Crippen molar-refractivity contribution in [3.63, 3.8) is 0 Å². The van der Waals surface area contributed by atoms with Gasteiger partial charge >= 0.3 is 0 Å². The second-order valence-corrected chi connectivity index (χ2v) is 21.7. The highest BCUT2D eigenvalue weighted by Gasteiger charge is 2.44. The van der Waals surface area contributed by atoms with Gasteiger partial charge in [-0.3, -0.25) is 14.9 Å². The molecule has 55 heavy (non-hydrogen) atoms. The normalized spacial score (nSPS) is 12.7. The van der Waals surface area contributed by atoms with E-state index in [1.165, 1.54) is 83.3 Å². The smallest absolute Gasteiger partial charge is 0.248 e. The summed E-state index contributed by atoms with van der Waals surface area (Å²) in [7, 11) is -9.98. The lowest BCUT2D eigenvalue weighted by Gasteiger charge is -2.24. The molecule has 2 amide bonds. The van der Waals surface area contributed by atoms with Crippen LogP contribution in [0.4, 0.5) is 11.6 Å². The molecule has 0 fully saturated rings. The summed E-state index contributed by atoms with van der Waals surface area (Å²) in [5.41, 5.74) is 0.921. The van der Waals surface area contributed by atoms with Crippen LogP contribution in [-0.2, 0) is 44.5 Å². The van der Waals surface area contributed by atoms with E-state index in [1.807, 2.05) is 51.1 Å². The van der Waals surface area contributed by atoms with Gasteiger partial charge in [0.1, 0.15) is 15.2 Å². The number of carbonyl (C=O) groups is 2. The summed E-state index contributed by atoms with van der Waals surface area (Å²) in [6.45, 7) is 11.2. The summed E-state index contributed by atoms with van der Waals surface area (Å²) in [6, 6.07) is 25.2. The largest absolute Gasteiger partial charge is 0.497 e. The third kappa shape index (κ3) is 9.09. The van der Waals surface area contributed by atoms with E-state index in [9.17, 15) is 34.8 Å². The van der Waals surface area contributed by atoms with Crippen molar-refractivity contribution in [3.05, 3.63) is 103 Å². The van der Waals surface area contributed by atoms with Crippen LogP contribution in [0.1, 0.15) is 54.2 Å². The monoisotopic (exact) mass is 811 g/mol. The maximum absolute atomic E-state index is 13.1. The zero-order valence-corrected chi connectivity index (χ0v) is 34.4. The number of aromatic nitrogens is 1. The van der Waals surface area contributed by atoms with Gasteiger partial charge in [-0.25, -0.2) is 25.3 Å². The first-order valence-electron chi connectivity index (χ1n) is 16.9. The predicted octanol–water partition coefficient (Wildman–Crippen LogP) is 6.61. The van der Waals surface area contributed by atoms with Gasteiger partial charge in [-0.2, -0.15) is 0 Å². The van der Waals surface area contributed by atoms with Crippen LogP contribution in [0.25, 0.3) is 10.8 Å². The van der Waals surface area contributed by atoms with Gasteiger partial charge < -0.3 is 14.6 Å². The molecule has 0 unspecified atom stereocenters. The van der Waals surface area contributed by atoms with Crippen LogP contribution < -0.4 is 15.4 Å². The number of fused-ring (bicyclic) bond motifs is 1. The highest BCUT2D eigenvalue weighted by Crippen LogP contribution is 2.31. The minimum Gasteiger partial charge on any atom is -0.497 e. The highest BCUT2D eigenvalue weighted by molar-refractivity contribution is 7.94. The van der Waals surface area contributed by atoms with E-state index in [4.69, 9.17) is 9.26 Å². The van der Waals surface area contributed by atoms with Crippen molar-refractivity contribution >= 4 is 63.7 Å². The van der Waals surface area contributed by atoms with Gasteiger partial charge in [-0.1, -0.05) is 62.3 Å². The molecule has 0 aliphatic carbocycles. The van der Waals surface area contributed by atoms with E-state index in [1.54, 1.807) is 18.2 Å². The molecule has 0 spiro atoms. The number of sulfone groups is 3. The molecule has 0 bridgehead atoms. The van der Waals surface area contributed by atoms with Gasteiger partial charge in [-0.15, -0.1) is 0 Å². The Bertz CT molecular complexity index is 2530. The van der Waals surface area contributed by atoms with Crippen molar-refractivity contribution in [1.82, 2.24) is 5.16 Å². The minimum absolute atomic E-state index is 0.00876. The number of benzene rings is 4. The molecule has 2 N–H and O–H groups in total. The molecule has 0 aliphatic heterocycles. The number of ether oxygens (including phenoxy) is 1. The number of carbonyl (C=O) groups excluding carboxylic acids is 2. The maximum Gasteiger partial charge on any atom is 0.248 e. The van der Waals surface area contributed by atoms with Crippen molar-refractivity contribution < 1.29 is 44.1 Å². The van der Waals surface area contributed by atoms with Gasteiger partial charge in [-0.05, 0) is 87.7 Å². The van der Waals surface area contributed by atoms with E-state index < -0.39 is 50.8 Å². The molecule has 16 heteroatoms. The Morgan fingerprint density at radius 3 is 1.60 bits per heavy atom. The highest BCUT2D eigenvalue weighted by atomic mass is 32.2. The van der Waals surface area contributed by atoms with Gasteiger partial charge in [0, 0.05) is 28.8 Å². The molecular weight excluding hydrogens is 767 g/mol. The number of amides is 2. The van der Waals surface area contributed by atoms with E-state index >= 15 is 0 Å². The van der Waals surface area contributed by atoms with Crippen LogP contribution in [0.15, 0.2) is 116 Å². The van der Waals surface area contributed by atoms with Crippen molar-refractivity contribution in [2.75, 3.05) is 24.0 Å². The molecule has 0 saturated carbocycles. The van der Waals surface area contributed by atoms with Gasteiger partial charge in [0.25, 0.3) is 0 Å². The Labute approximate surface area is 322 Å². The first-order chi connectivity index (χ1) is 25.3. The molecule has 0 saturated heterocycles. The average molecular weight is 812 g/mol. The van der Waals surface area contributed by atoms with Crippen molar-refractivity contribution in [2.24, 2.45) is 0 Å². The lowest BCUT2D eigenvalue weighted by Crippen LogP contribution is -2.44. The van der Waals surface area contributed by atoms with Crippen LogP contribution in [0.5, 0.6) is 5.75 Å². The van der Waals surface area contributed by atoms with Crippen LogP contribution in [0, 0.1) is 0 Å². The molecule has 0 aliphatic rings. The molecule has 1 aromatic heterocycles. The van der Waals surface area contributed by atoms with E-state index in [-0.39, 0.29) is 26.0 Å². The summed E-state index contributed by atoms with van der Waals surface area (Å²) in [4.78, 5) is 25.5. The Morgan fingerprint density at radius 1 is 0.636 bits per heavy atom. The molecule has 294 valence electrons. The zero-order valence-electron chi connectivity index (χ0n) is 32.0. The lowest BCUT2D eigenvalue weighted by atomic mass is 9.92. The average Bonchev–Trinajstić information content (AvgIpc) is 3.61. The fraction of sp³-hybridized carbons (Fsp3) is 0.308. The van der Waals surface area contributed by atoms with Crippen LogP contribution >= 0.6 is 0 Å². The molecule has 5 rings (SSSR count). The van der Waals surface area contributed by atoms with Crippen molar-refractivity contribution in [1.29, 1.82) is 0 Å². The summed E-state index contributed by atoms with van der Waals surface area (Å²) in [5, 5.41) is 10.9. The lowest BCUT2D eigenvalue weighted by molar-refractivity contribution is -0.118. The second-order valence-electron chi connectivity index (χ2n) is 14.7. The Balaban J connectivity index is 0.000000246. The molecule has 4 aromatic carbocycles. The Hall–Kier alpha value is -5.06.